The Hall–Kier alpha value is -3.55. The minimum atomic E-state index is -0.245. The number of methoxy groups -OCH3 is 1. The van der Waals surface area contributed by atoms with E-state index < -0.39 is 0 Å². The minimum absolute atomic E-state index is 0.148. The number of nitrogens with zero attached hydrogens (tertiary/aromatic N) is 7. The van der Waals surface area contributed by atoms with Gasteiger partial charge in [0.15, 0.2) is 0 Å². The molecule has 1 aromatic heterocycles. The van der Waals surface area contributed by atoms with Gasteiger partial charge in [0.25, 0.3) is 0 Å². The SMILES string of the molecule is C=CC(=O)N1CCN(c2nc(OC[C@@H]3CCCN3C)nc3c2CCCN(c2ccc(OC)c(Cl)c2)C3)CC1CC#N. The van der Waals surface area contributed by atoms with Crippen molar-refractivity contribution in [2.45, 2.75) is 50.7 Å². The molecule has 41 heavy (non-hydrogen) atoms. The zero-order valence-corrected chi connectivity index (χ0v) is 24.6. The summed E-state index contributed by atoms with van der Waals surface area (Å²) in [6, 6.07) is 8.56. The number of halogens is 1. The van der Waals surface area contributed by atoms with Gasteiger partial charge in [-0.3, -0.25) is 4.79 Å². The second-order valence-electron chi connectivity index (χ2n) is 10.9. The van der Waals surface area contributed by atoms with Gasteiger partial charge in [0.2, 0.25) is 5.91 Å². The third kappa shape index (κ3) is 6.36. The monoisotopic (exact) mass is 579 g/mol. The van der Waals surface area contributed by atoms with Crippen molar-refractivity contribution in [3.63, 3.8) is 0 Å². The van der Waals surface area contributed by atoms with Crippen LogP contribution >= 0.6 is 11.6 Å². The summed E-state index contributed by atoms with van der Waals surface area (Å²) in [5.74, 6) is 1.33. The van der Waals surface area contributed by atoms with Crippen LogP contribution in [0, 0.1) is 11.3 Å². The Morgan fingerprint density at radius 2 is 2.05 bits per heavy atom. The zero-order chi connectivity index (χ0) is 28.9. The maximum absolute atomic E-state index is 12.5. The molecule has 1 amide bonds. The summed E-state index contributed by atoms with van der Waals surface area (Å²) in [6.07, 6.45) is 5.54. The van der Waals surface area contributed by atoms with Crippen LogP contribution in [0.1, 0.15) is 36.9 Å². The van der Waals surface area contributed by atoms with Gasteiger partial charge in [0.1, 0.15) is 18.2 Å². The number of carbonyl (C=O) groups excluding carboxylic acids is 1. The maximum Gasteiger partial charge on any atom is 0.318 e. The van der Waals surface area contributed by atoms with Crippen LogP contribution < -0.4 is 19.3 Å². The second-order valence-corrected chi connectivity index (χ2v) is 11.3. The first kappa shape index (κ1) is 29.0. The lowest BCUT2D eigenvalue weighted by atomic mass is 10.1. The highest BCUT2D eigenvalue weighted by Gasteiger charge is 2.33. The predicted octanol–water partition coefficient (Wildman–Crippen LogP) is 3.68. The number of carbonyl (C=O) groups is 1. The molecule has 2 aromatic rings. The number of piperazine rings is 1. The van der Waals surface area contributed by atoms with E-state index in [9.17, 15) is 10.1 Å². The number of hydrogen-bond acceptors (Lipinski definition) is 9. The normalized spacial score (nSPS) is 21.2. The fourth-order valence-corrected chi connectivity index (χ4v) is 6.33. The van der Waals surface area contributed by atoms with Crippen molar-refractivity contribution >= 4 is 29.0 Å². The molecule has 5 rings (SSSR count). The molecule has 3 aliphatic rings. The molecule has 0 bridgehead atoms. The van der Waals surface area contributed by atoms with Crippen molar-refractivity contribution in [1.82, 2.24) is 19.8 Å². The third-order valence-electron chi connectivity index (χ3n) is 8.39. The van der Waals surface area contributed by atoms with Crippen LogP contribution in [0.2, 0.25) is 5.02 Å². The van der Waals surface area contributed by atoms with E-state index in [2.05, 4.69) is 34.4 Å². The van der Waals surface area contributed by atoms with Crippen LogP contribution in [-0.2, 0) is 17.8 Å². The highest BCUT2D eigenvalue weighted by atomic mass is 35.5. The summed E-state index contributed by atoms with van der Waals surface area (Å²) < 4.78 is 11.6. The summed E-state index contributed by atoms with van der Waals surface area (Å²) >= 11 is 6.48. The summed E-state index contributed by atoms with van der Waals surface area (Å²) in [4.78, 5) is 31.0. The van der Waals surface area contributed by atoms with Gasteiger partial charge < -0.3 is 29.1 Å². The molecular formula is C30H38ClN7O3. The molecule has 1 unspecified atom stereocenters. The van der Waals surface area contributed by atoms with Gasteiger partial charge in [-0.15, -0.1) is 0 Å². The Morgan fingerprint density at radius 1 is 1.20 bits per heavy atom. The van der Waals surface area contributed by atoms with E-state index in [1.807, 2.05) is 18.2 Å². The molecule has 2 saturated heterocycles. The van der Waals surface area contributed by atoms with E-state index in [0.29, 0.717) is 55.6 Å². The van der Waals surface area contributed by atoms with Crippen LogP contribution in [-0.4, -0.2) is 91.2 Å². The molecule has 2 fully saturated rings. The van der Waals surface area contributed by atoms with Crippen LogP contribution in [0.4, 0.5) is 11.5 Å². The molecule has 0 N–H and O–H groups in total. The molecule has 218 valence electrons. The van der Waals surface area contributed by atoms with Crippen molar-refractivity contribution in [3.05, 3.63) is 47.1 Å². The van der Waals surface area contributed by atoms with E-state index in [4.69, 9.17) is 31.0 Å². The van der Waals surface area contributed by atoms with Crippen LogP contribution in [0.5, 0.6) is 11.8 Å². The molecule has 11 heteroatoms. The number of fused-ring (bicyclic) bond motifs is 1. The predicted molar refractivity (Wildman–Crippen MR) is 159 cm³/mol. The second kappa shape index (κ2) is 13.0. The summed E-state index contributed by atoms with van der Waals surface area (Å²) in [6.45, 7) is 8.28. The number of rotatable bonds is 8. The first-order valence-electron chi connectivity index (χ1n) is 14.3. The highest BCUT2D eigenvalue weighted by molar-refractivity contribution is 6.32. The maximum atomic E-state index is 12.5. The molecule has 0 saturated carbocycles. The van der Waals surface area contributed by atoms with Crippen LogP contribution in [0.25, 0.3) is 0 Å². The number of benzene rings is 1. The van der Waals surface area contributed by atoms with E-state index in [1.165, 1.54) is 6.08 Å². The van der Waals surface area contributed by atoms with E-state index in [-0.39, 0.29) is 18.4 Å². The third-order valence-corrected chi connectivity index (χ3v) is 8.68. The number of nitriles is 1. The molecule has 1 aromatic carbocycles. The Morgan fingerprint density at radius 3 is 2.76 bits per heavy atom. The topological polar surface area (TPSA) is 98.1 Å². The van der Waals surface area contributed by atoms with Gasteiger partial charge in [0.05, 0.1) is 42.9 Å². The van der Waals surface area contributed by atoms with Gasteiger partial charge in [-0.2, -0.15) is 15.2 Å². The number of aromatic nitrogens is 2. The van der Waals surface area contributed by atoms with Crippen molar-refractivity contribution in [1.29, 1.82) is 5.26 Å². The Labute approximate surface area is 247 Å². The number of likely N-dealkylation sites (N-methyl/N-ethyl adjacent to an activating group) is 1. The Kier molecular flexibility index (Phi) is 9.15. The number of ether oxygens (including phenoxy) is 2. The molecule has 4 heterocycles. The van der Waals surface area contributed by atoms with Gasteiger partial charge in [-0.25, -0.2) is 0 Å². The van der Waals surface area contributed by atoms with E-state index >= 15 is 0 Å². The lowest BCUT2D eigenvalue weighted by Gasteiger charge is -2.41. The number of amides is 1. The van der Waals surface area contributed by atoms with Gasteiger partial charge in [-0.05, 0) is 63.6 Å². The van der Waals surface area contributed by atoms with Gasteiger partial charge in [-0.1, -0.05) is 18.2 Å². The van der Waals surface area contributed by atoms with Crippen molar-refractivity contribution in [2.24, 2.45) is 0 Å². The first-order valence-corrected chi connectivity index (χ1v) is 14.7. The smallest absolute Gasteiger partial charge is 0.318 e. The molecule has 3 aliphatic heterocycles. The van der Waals surface area contributed by atoms with Crippen molar-refractivity contribution in [2.75, 3.05) is 63.3 Å². The first-order chi connectivity index (χ1) is 19.9. The lowest BCUT2D eigenvalue weighted by Crippen LogP contribution is -2.55. The number of hydrogen-bond donors (Lipinski definition) is 0. The summed E-state index contributed by atoms with van der Waals surface area (Å²) in [5, 5.41) is 10.1. The number of anilines is 2. The van der Waals surface area contributed by atoms with Crippen LogP contribution in [0.3, 0.4) is 0 Å². The quantitative estimate of drug-likeness (QED) is 0.434. The van der Waals surface area contributed by atoms with Gasteiger partial charge in [0, 0.05) is 43.5 Å². The Bertz CT molecular complexity index is 1320. The zero-order valence-electron chi connectivity index (χ0n) is 23.9. The average Bonchev–Trinajstić information content (AvgIpc) is 3.27. The van der Waals surface area contributed by atoms with E-state index in [0.717, 1.165) is 61.5 Å². The molecule has 0 spiro atoms. The van der Waals surface area contributed by atoms with Gasteiger partial charge >= 0.3 is 6.01 Å². The highest BCUT2D eigenvalue weighted by Crippen LogP contribution is 2.34. The molecule has 0 aliphatic carbocycles. The Balaban J connectivity index is 1.47. The fourth-order valence-electron chi connectivity index (χ4n) is 6.08. The minimum Gasteiger partial charge on any atom is -0.495 e. The molecular weight excluding hydrogens is 542 g/mol. The average molecular weight is 580 g/mol. The van der Waals surface area contributed by atoms with E-state index in [1.54, 1.807) is 12.0 Å². The lowest BCUT2D eigenvalue weighted by molar-refractivity contribution is -0.128. The standard InChI is InChI=1S/C30H38ClN7O3/c1-4-28(39)38-16-15-37(18-22(38)11-12-32)29-24-8-6-14-36(21-9-10-27(40-3)25(31)17-21)19-26(24)33-30(34-29)41-20-23-7-5-13-35(23)2/h4,9-10,17,22-23H,1,5-8,11,13-16,18-20H2,2-3H3/t22?,23-/m0/s1. The fraction of sp³-hybridized carbons (Fsp3) is 0.533. The molecule has 0 radical (unpaired) electrons. The van der Waals surface area contributed by atoms with Crippen molar-refractivity contribution in [3.8, 4) is 17.8 Å². The molecule has 10 nitrogen and oxygen atoms in total. The largest absolute Gasteiger partial charge is 0.495 e. The van der Waals surface area contributed by atoms with Crippen LogP contribution in [0.15, 0.2) is 30.9 Å². The molecule has 2 atom stereocenters. The summed E-state index contributed by atoms with van der Waals surface area (Å²) in [7, 11) is 3.74. The van der Waals surface area contributed by atoms with Crippen molar-refractivity contribution < 1.29 is 14.3 Å². The summed E-state index contributed by atoms with van der Waals surface area (Å²) in [5.41, 5.74) is 3.02. The number of likely N-dealkylation sites (tertiary alicyclic amines) is 1.